The van der Waals surface area contributed by atoms with Gasteiger partial charge in [0.25, 0.3) is 0 Å². The van der Waals surface area contributed by atoms with Gasteiger partial charge >= 0.3 is 0 Å². The molecule has 3 fully saturated rings. The smallest absolute Gasteiger partial charge is 0.223 e. The fourth-order valence-electron chi connectivity index (χ4n) is 5.38. The summed E-state index contributed by atoms with van der Waals surface area (Å²) in [5, 5.41) is 3.37. The molecular formula is C18H32N2O. The Bertz CT molecular complexity index is 368. The molecule has 3 nitrogen and oxygen atoms in total. The van der Waals surface area contributed by atoms with Crippen LogP contribution < -0.4 is 11.1 Å². The Morgan fingerprint density at radius 1 is 1.19 bits per heavy atom. The van der Waals surface area contributed by atoms with Crippen molar-refractivity contribution in [3.05, 3.63) is 0 Å². The highest BCUT2D eigenvalue weighted by molar-refractivity contribution is 5.79. The van der Waals surface area contributed by atoms with Gasteiger partial charge in [-0.25, -0.2) is 0 Å². The summed E-state index contributed by atoms with van der Waals surface area (Å²) < 4.78 is 0. The minimum Gasteiger partial charge on any atom is -0.353 e. The number of carbonyl (C=O) groups excluding carboxylic acids is 1. The molecule has 1 amide bonds. The third-order valence-corrected chi connectivity index (χ3v) is 6.53. The average molecular weight is 292 g/mol. The van der Waals surface area contributed by atoms with Gasteiger partial charge in [0.1, 0.15) is 0 Å². The molecule has 0 aliphatic heterocycles. The van der Waals surface area contributed by atoms with Gasteiger partial charge in [-0.1, -0.05) is 19.3 Å². The number of nitrogens with two attached hydrogens (primary N) is 1. The molecule has 0 radical (unpaired) electrons. The zero-order chi connectivity index (χ0) is 14.8. The van der Waals surface area contributed by atoms with E-state index in [1.807, 2.05) is 0 Å². The third-order valence-electron chi connectivity index (χ3n) is 6.53. The molecule has 6 unspecified atom stereocenters. The van der Waals surface area contributed by atoms with Gasteiger partial charge in [-0.15, -0.1) is 0 Å². The summed E-state index contributed by atoms with van der Waals surface area (Å²) in [7, 11) is 0. The number of fused-ring (bicyclic) bond motifs is 2. The lowest BCUT2D eigenvalue weighted by atomic mass is 9.79. The van der Waals surface area contributed by atoms with E-state index >= 15 is 0 Å². The summed E-state index contributed by atoms with van der Waals surface area (Å²) in [6.45, 7) is 3.00. The van der Waals surface area contributed by atoms with Crippen molar-refractivity contribution in [1.29, 1.82) is 0 Å². The molecule has 3 N–H and O–H groups in total. The second-order valence-electron chi connectivity index (χ2n) is 7.94. The van der Waals surface area contributed by atoms with Crippen molar-refractivity contribution in [1.82, 2.24) is 5.32 Å². The highest BCUT2D eigenvalue weighted by Crippen LogP contribution is 2.49. The summed E-state index contributed by atoms with van der Waals surface area (Å²) in [4.78, 5) is 12.6. The average Bonchev–Trinajstić information content (AvgIpc) is 3.10. The summed E-state index contributed by atoms with van der Waals surface area (Å²) >= 11 is 0. The Morgan fingerprint density at radius 2 is 2.05 bits per heavy atom. The molecule has 0 spiro atoms. The van der Waals surface area contributed by atoms with Gasteiger partial charge < -0.3 is 11.1 Å². The Labute approximate surface area is 129 Å². The lowest BCUT2D eigenvalue weighted by Crippen LogP contribution is -2.44. The van der Waals surface area contributed by atoms with E-state index < -0.39 is 0 Å². The van der Waals surface area contributed by atoms with Crippen LogP contribution >= 0.6 is 0 Å². The van der Waals surface area contributed by atoms with Gasteiger partial charge in [-0.2, -0.15) is 0 Å². The second kappa shape index (κ2) is 6.68. The molecule has 6 atom stereocenters. The van der Waals surface area contributed by atoms with Crippen molar-refractivity contribution < 1.29 is 4.79 Å². The van der Waals surface area contributed by atoms with E-state index in [-0.39, 0.29) is 5.92 Å². The van der Waals surface area contributed by atoms with E-state index in [9.17, 15) is 4.79 Å². The largest absolute Gasteiger partial charge is 0.353 e. The van der Waals surface area contributed by atoms with E-state index in [1.54, 1.807) is 0 Å². The standard InChI is InChI=1S/C18H32N2O/c1-12(17-11-14-5-6-15(17)10-14)20-18(21)16-4-2-3-13(9-16)7-8-19/h12-17H,2-11,19H2,1H3,(H,20,21). The topological polar surface area (TPSA) is 55.1 Å². The minimum absolute atomic E-state index is 0.247. The van der Waals surface area contributed by atoms with E-state index in [0.717, 1.165) is 43.6 Å². The Hall–Kier alpha value is -0.570. The minimum atomic E-state index is 0.247. The molecule has 21 heavy (non-hydrogen) atoms. The molecule has 2 bridgehead atoms. The van der Waals surface area contributed by atoms with Crippen LogP contribution in [0, 0.1) is 29.6 Å². The van der Waals surface area contributed by atoms with Crippen LogP contribution in [0.15, 0.2) is 0 Å². The summed E-state index contributed by atoms with van der Waals surface area (Å²) in [6, 6.07) is 0.377. The molecule has 3 saturated carbocycles. The zero-order valence-electron chi connectivity index (χ0n) is 13.5. The van der Waals surface area contributed by atoms with Crippen molar-refractivity contribution >= 4 is 5.91 Å². The van der Waals surface area contributed by atoms with Crippen LogP contribution in [-0.2, 0) is 4.79 Å². The normalized spacial score (nSPS) is 40.2. The Balaban J connectivity index is 1.49. The Morgan fingerprint density at radius 3 is 2.71 bits per heavy atom. The van der Waals surface area contributed by atoms with E-state index in [2.05, 4.69) is 12.2 Å². The molecule has 0 saturated heterocycles. The second-order valence-corrected chi connectivity index (χ2v) is 7.94. The predicted octanol–water partition coefficient (Wildman–Crippen LogP) is 3.08. The molecule has 0 heterocycles. The fraction of sp³-hybridized carbons (Fsp3) is 0.944. The molecule has 3 rings (SSSR count). The molecule has 3 aliphatic rings. The number of carbonyl (C=O) groups is 1. The molecule has 3 heteroatoms. The number of amides is 1. The molecule has 0 aromatic carbocycles. The summed E-state index contributed by atoms with van der Waals surface area (Å²) in [5.74, 6) is 3.85. The third kappa shape index (κ3) is 3.44. The maximum atomic E-state index is 12.6. The van der Waals surface area contributed by atoms with Gasteiger partial charge in [0, 0.05) is 12.0 Å². The zero-order valence-corrected chi connectivity index (χ0v) is 13.5. The lowest BCUT2D eigenvalue weighted by molar-refractivity contribution is -0.127. The van der Waals surface area contributed by atoms with Crippen LogP contribution in [-0.4, -0.2) is 18.5 Å². The van der Waals surface area contributed by atoms with Crippen molar-refractivity contribution in [2.45, 2.75) is 70.8 Å². The quantitative estimate of drug-likeness (QED) is 0.818. The molecular weight excluding hydrogens is 260 g/mol. The van der Waals surface area contributed by atoms with Gasteiger partial charge in [0.15, 0.2) is 0 Å². The van der Waals surface area contributed by atoms with Crippen LogP contribution in [0.4, 0.5) is 0 Å². The first-order chi connectivity index (χ1) is 10.2. The molecule has 0 aromatic rings. The number of hydrogen-bond donors (Lipinski definition) is 2. The number of hydrogen-bond acceptors (Lipinski definition) is 2. The van der Waals surface area contributed by atoms with Gasteiger partial charge in [0.2, 0.25) is 5.91 Å². The summed E-state index contributed by atoms with van der Waals surface area (Å²) in [6.07, 6.45) is 11.3. The van der Waals surface area contributed by atoms with Gasteiger partial charge in [0.05, 0.1) is 0 Å². The molecule has 3 aliphatic carbocycles. The SMILES string of the molecule is CC(NC(=O)C1CCCC(CCN)C1)C1CC2CCC1C2. The van der Waals surface area contributed by atoms with Crippen LogP contribution in [0.3, 0.4) is 0 Å². The van der Waals surface area contributed by atoms with E-state index in [4.69, 9.17) is 5.73 Å². The monoisotopic (exact) mass is 292 g/mol. The van der Waals surface area contributed by atoms with Crippen LogP contribution in [0.25, 0.3) is 0 Å². The highest BCUT2D eigenvalue weighted by atomic mass is 16.1. The van der Waals surface area contributed by atoms with E-state index in [0.29, 0.717) is 17.9 Å². The first-order valence-electron chi connectivity index (χ1n) is 9.17. The first-order valence-corrected chi connectivity index (χ1v) is 9.17. The van der Waals surface area contributed by atoms with Gasteiger partial charge in [-0.3, -0.25) is 4.79 Å². The summed E-state index contributed by atoms with van der Waals surface area (Å²) in [5.41, 5.74) is 5.68. The van der Waals surface area contributed by atoms with Crippen molar-refractivity contribution in [2.75, 3.05) is 6.54 Å². The Kier molecular flexibility index (Phi) is 4.88. The number of nitrogens with one attached hydrogen (secondary N) is 1. The van der Waals surface area contributed by atoms with E-state index in [1.165, 1.54) is 38.5 Å². The van der Waals surface area contributed by atoms with Crippen molar-refractivity contribution in [3.63, 3.8) is 0 Å². The van der Waals surface area contributed by atoms with Gasteiger partial charge in [-0.05, 0) is 75.7 Å². The predicted molar refractivity (Wildman–Crippen MR) is 85.7 cm³/mol. The first kappa shape index (κ1) is 15.3. The van der Waals surface area contributed by atoms with Crippen molar-refractivity contribution in [3.8, 4) is 0 Å². The van der Waals surface area contributed by atoms with Crippen LogP contribution in [0.1, 0.15) is 64.7 Å². The lowest BCUT2D eigenvalue weighted by Gasteiger charge is -2.32. The van der Waals surface area contributed by atoms with Crippen LogP contribution in [0.2, 0.25) is 0 Å². The maximum absolute atomic E-state index is 12.6. The maximum Gasteiger partial charge on any atom is 0.223 e. The highest BCUT2D eigenvalue weighted by Gasteiger charge is 2.42. The number of rotatable bonds is 5. The fourth-order valence-corrected chi connectivity index (χ4v) is 5.38. The van der Waals surface area contributed by atoms with Crippen LogP contribution in [0.5, 0.6) is 0 Å². The molecule has 0 aromatic heterocycles. The molecule has 120 valence electrons. The van der Waals surface area contributed by atoms with Crippen molar-refractivity contribution in [2.24, 2.45) is 35.3 Å².